The van der Waals surface area contributed by atoms with Crippen molar-refractivity contribution in [3.63, 3.8) is 0 Å². The van der Waals surface area contributed by atoms with Crippen LogP contribution in [-0.4, -0.2) is 6.10 Å². The van der Waals surface area contributed by atoms with E-state index in [4.69, 9.17) is 4.74 Å². The molecule has 0 bridgehead atoms. The van der Waals surface area contributed by atoms with Crippen LogP contribution in [0.2, 0.25) is 0 Å². The molecule has 3 aromatic carbocycles. The molecule has 1 nitrogen and oxygen atoms in total. The lowest BCUT2D eigenvalue weighted by Crippen LogP contribution is -2.12. The van der Waals surface area contributed by atoms with Gasteiger partial charge in [0, 0.05) is 6.42 Å². The molecule has 1 aliphatic rings. The Kier molecular flexibility index (Phi) is 12.5. The lowest BCUT2D eigenvalue weighted by Gasteiger charge is -2.13. The van der Waals surface area contributed by atoms with Crippen LogP contribution in [0, 0.1) is 0 Å². The van der Waals surface area contributed by atoms with Crippen molar-refractivity contribution in [2.45, 2.75) is 129 Å². The molecule has 4 rings (SSSR count). The molecule has 1 aliphatic heterocycles. The summed E-state index contributed by atoms with van der Waals surface area (Å²) >= 11 is 0. The third-order valence-electron chi connectivity index (χ3n) is 8.50. The second-order valence-electron chi connectivity index (χ2n) is 11.8. The van der Waals surface area contributed by atoms with Gasteiger partial charge in [-0.3, -0.25) is 0 Å². The van der Waals surface area contributed by atoms with E-state index in [0.717, 1.165) is 18.6 Å². The Balaban J connectivity index is 1.38. The summed E-state index contributed by atoms with van der Waals surface area (Å²) in [6, 6.07) is 25.0. The molecular weight excluding hydrogens is 472 g/mol. The van der Waals surface area contributed by atoms with E-state index in [1.165, 1.54) is 130 Å². The quantitative estimate of drug-likeness (QED) is 0.150. The molecule has 0 aliphatic carbocycles. The summed E-state index contributed by atoms with van der Waals surface area (Å²) in [5.41, 5.74) is 8.27. The second kappa shape index (κ2) is 16.5. The maximum atomic E-state index is 6.33. The van der Waals surface area contributed by atoms with E-state index in [2.05, 4.69) is 80.6 Å². The van der Waals surface area contributed by atoms with Gasteiger partial charge in [-0.25, -0.2) is 0 Å². The number of aryl methyl sites for hydroxylation is 1. The van der Waals surface area contributed by atoms with E-state index < -0.39 is 0 Å². The molecule has 0 amide bonds. The van der Waals surface area contributed by atoms with Crippen LogP contribution in [-0.2, 0) is 12.8 Å². The predicted octanol–water partition coefficient (Wildman–Crippen LogP) is 11.8. The second-order valence-corrected chi connectivity index (χ2v) is 11.8. The molecule has 1 heterocycles. The van der Waals surface area contributed by atoms with Crippen molar-refractivity contribution in [3.8, 4) is 28.0 Å². The van der Waals surface area contributed by atoms with E-state index in [1.807, 2.05) is 0 Å². The summed E-state index contributed by atoms with van der Waals surface area (Å²) in [5.74, 6) is 1.11. The summed E-state index contributed by atoms with van der Waals surface area (Å²) in [6.45, 7) is 4.58. The zero-order valence-corrected chi connectivity index (χ0v) is 24.9. The summed E-state index contributed by atoms with van der Waals surface area (Å²) < 4.78 is 6.33. The Morgan fingerprint density at radius 3 is 1.92 bits per heavy atom. The highest BCUT2D eigenvalue weighted by molar-refractivity contribution is 5.74. The average molecular weight is 525 g/mol. The number of hydrogen-bond acceptors (Lipinski definition) is 1. The van der Waals surface area contributed by atoms with E-state index in [-0.39, 0.29) is 0 Å². The fraction of sp³-hybridized carbons (Fsp3) is 0.526. The minimum atomic E-state index is 0.361. The number of ether oxygens (including phenoxy) is 1. The number of unbranched alkanes of at least 4 members (excludes halogenated alkanes) is 12. The van der Waals surface area contributed by atoms with E-state index in [0.29, 0.717) is 6.10 Å². The van der Waals surface area contributed by atoms with Crippen molar-refractivity contribution < 1.29 is 4.74 Å². The van der Waals surface area contributed by atoms with Gasteiger partial charge in [-0.05, 0) is 71.2 Å². The first-order chi connectivity index (χ1) is 19.3. The first kappa shape index (κ1) is 29.4. The zero-order valence-electron chi connectivity index (χ0n) is 24.9. The van der Waals surface area contributed by atoms with Gasteiger partial charge in [-0.2, -0.15) is 0 Å². The Labute approximate surface area is 239 Å². The van der Waals surface area contributed by atoms with Gasteiger partial charge >= 0.3 is 0 Å². The normalized spacial score (nSPS) is 14.4. The molecule has 0 saturated heterocycles. The van der Waals surface area contributed by atoms with E-state index in [1.54, 1.807) is 0 Å². The lowest BCUT2D eigenvalue weighted by molar-refractivity contribution is 0.216. The Morgan fingerprint density at radius 2 is 1.21 bits per heavy atom. The molecule has 210 valence electrons. The summed E-state index contributed by atoms with van der Waals surface area (Å²) in [4.78, 5) is 0. The van der Waals surface area contributed by atoms with Crippen molar-refractivity contribution in [2.24, 2.45) is 0 Å². The largest absolute Gasteiger partial charge is 0.490 e. The van der Waals surface area contributed by atoms with Gasteiger partial charge in [0.1, 0.15) is 11.9 Å². The third kappa shape index (κ3) is 9.26. The van der Waals surface area contributed by atoms with Crippen LogP contribution >= 0.6 is 0 Å². The molecule has 0 radical (unpaired) electrons. The number of fused-ring (bicyclic) bond motifs is 1. The zero-order chi connectivity index (χ0) is 27.1. The highest BCUT2D eigenvalue weighted by Gasteiger charge is 2.23. The van der Waals surface area contributed by atoms with Crippen LogP contribution < -0.4 is 4.74 Å². The highest BCUT2D eigenvalue weighted by atomic mass is 16.5. The molecule has 1 heteroatoms. The first-order valence-corrected chi connectivity index (χ1v) is 16.3. The number of benzene rings is 3. The fourth-order valence-corrected chi connectivity index (χ4v) is 6.14. The van der Waals surface area contributed by atoms with Crippen molar-refractivity contribution >= 4 is 0 Å². The van der Waals surface area contributed by atoms with Gasteiger partial charge in [0.25, 0.3) is 0 Å². The maximum absolute atomic E-state index is 6.33. The molecular formula is C38H52O. The van der Waals surface area contributed by atoms with Crippen LogP contribution in [0.15, 0.2) is 66.7 Å². The van der Waals surface area contributed by atoms with Crippen LogP contribution in [0.25, 0.3) is 22.3 Å². The summed E-state index contributed by atoms with van der Waals surface area (Å²) in [6.07, 6.45) is 22.7. The smallest absolute Gasteiger partial charge is 0.123 e. The molecule has 0 fully saturated rings. The molecule has 1 unspecified atom stereocenters. The van der Waals surface area contributed by atoms with Gasteiger partial charge in [-0.15, -0.1) is 0 Å². The molecule has 3 aromatic rings. The standard InChI is InChI=1S/C38H52O/c1-3-5-7-9-11-12-13-16-22-34-28-32(24-26-37(34)31-20-17-15-18-21-31)33-25-27-38-35(29-33)30-36(39-38)23-19-14-10-8-6-4-2/h15,17-18,20-21,24-29,36H,3-14,16,19,22-23,30H2,1-2H3. The molecule has 1 atom stereocenters. The summed E-state index contributed by atoms with van der Waals surface area (Å²) in [5, 5.41) is 0. The van der Waals surface area contributed by atoms with Crippen LogP contribution in [0.4, 0.5) is 0 Å². The number of rotatable bonds is 18. The first-order valence-electron chi connectivity index (χ1n) is 16.3. The minimum Gasteiger partial charge on any atom is -0.490 e. The van der Waals surface area contributed by atoms with E-state index in [9.17, 15) is 0 Å². The summed E-state index contributed by atoms with van der Waals surface area (Å²) in [7, 11) is 0. The van der Waals surface area contributed by atoms with Crippen LogP contribution in [0.3, 0.4) is 0 Å². The Morgan fingerprint density at radius 1 is 0.590 bits per heavy atom. The van der Waals surface area contributed by atoms with Crippen LogP contribution in [0.5, 0.6) is 5.75 Å². The third-order valence-corrected chi connectivity index (χ3v) is 8.50. The average Bonchev–Trinajstić information content (AvgIpc) is 3.39. The molecule has 0 N–H and O–H groups in total. The molecule has 0 aromatic heterocycles. The SMILES string of the molecule is CCCCCCCCCCc1cc(-c2ccc3c(c2)CC(CCCCCCCC)O3)ccc1-c1ccccc1. The topological polar surface area (TPSA) is 9.23 Å². The number of hydrogen-bond donors (Lipinski definition) is 0. The molecule has 39 heavy (non-hydrogen) atoms. The van der Waals surface area contributed by atoms with E-state index >= 15 is 0 Å². The predicted molar refractivity (Wildman–Crippen MR) is 170 cm³/mol. The maximum Gasteiger partial charge on any atom is 0.123 e. The molecule has 0 spiro atoms. The van der Waals surface area contributed by atoms with Gasteiger partial charge < -0.3 is 4.74 Å². The minimum absolute atomic E-state index is 0.361. The van der Waals surface area contributed by atoms with Gasteiger partial charge in [-0.1, -0.05) is 145 Å². The van der Waals surface area contributed by atoms with Crippen molar-refractivity contribution in [1.82, 2.24) is 0 Å². The monoisotopic (exact) mass is 524 g/mol. The lowest BCUT2D eigenvalue weighted by atomic mass is 9.91. The Hall–Kier alpha value is -2.54. The van der Waals surface area contributed by atoms with Gasteiger partial charge in [0.15, 0.2) is 0 Å². The van der Waals surface area contributed by atoms with Crippen molar-refractivity contribution in [3.05, 3.63) is 77.9 Å². The van der Waals surface area contributed by atoms with Crippen molar-refractivity contribution in [2.75, 3.05) is 0 Å². The van der Waals surface area contributed by atoms with Crippen LogP contribution in [0.1, 0.15) is 121 Å². The molecule has 0 saturated carbocycles. The van der Waals surface area contributed by atoms with Crippen molar-refractivity contribution in [1.29, 1.82) is 0 Å². The van der Waals surface area contributed by atoms with Gasteiger partial charge in [0.05, 0.1) is 0 Å². The Bertz CT molecular complexity index is 1100. The van der Waals surface area contributed by atoms with Gasteiger partial charge in [0.2, 0.25) is 0 Å². The highest BCUT2D eigenvalue weighted by Crippen LogP contribution is 2.36. The fourth-order valence-electron chi connectivity index (χ4n) is 6.14.